The number of benzene rings is 1. The van der Waals surface area contributed by atoms with E-state index < -0.39 is 0 Å². The van der Waals surface area contributed by atoms with Crippen LogP contribution in [0.2, 0.25) is 0 Å². The van der Waals surface area contributed by atoms with E-state index in [-0.39, 0.29) is 30.3 Å². The zero-order chi connectivity index (χ0) is 15.1. The van der Waals surface area contributed by atoms with Gasteiger partial charge < -0.3 is 16.0 Å². The van der Waals surface area contributed by atoms with Gasteiger partial charge in [0, 0.05) is 35.6 Å². The molecule has 3 N–H and O–H groups in total. The molecule has 1 aliphatic rings. The number of nitrogens with one attached hydrogen (secondary N) is 3. The second-order valence-corrected chi connectivity index (χ2v) is 6.04. The number of rotatable bonds is 5. The first-order valence-corrected chi connectivity index (χ1v) is 7.98. The number of halogens is 2. The maximum absolute atomic E-state index is 11.9. The summed E-state index contributed by atoms with van der Waals surface area (Å²) in [5.74, 6) is -0.172. The highest BCUT2D eigenvalue weighted by Crippen LogP contribution is 2.10. The lowest BCUT2D eigenvalue weighted by atomic mass is 10.1. The number of amides is 2. The molecule has 0 aliphatic carbocycles. The lowest BCUT2D eigenvalue weighted by Gasteiger charge is -2.23. The Hall–Kier alpha value is -1.11. The molecule has 0 spiro atoms. The van der Waals surface area contributed by atoms with Crippen LogP contribution in [0.15, 0.2) is 28.7 Å². The first-order chi connectivity index (χ1) is 10.1. The summed E-state index contributed by atoms with van der Waals surface area (Å²) in [6.45, 7) is 2.20. The van der Waals surface area contributed by atoms with Gasteiger partial charge in [-0.1, -0.05) is 15.9 Å². The molecule has 7 heteroatoms. The Morgan fingerprint density at radius 1 is 1.27 bits per heavy atom. The molecule has 0 radical (unpaired) electrons. The third kappa shape index (κ3) is 6.34. The van der Waals surface area contributed by atoms with Gasteiger partial charge in [-0.2, -0.15) is 0 Å². The van der Waals surface area contributed by atoms with Crippen molar-refractivity contribution >= 4 is 40.2 Å². The van der Waals surface area contributed by atoms with Crippen molar-refractivity contribution in [2.24, 2.45) is 0 Å². The number of piperidine rings is 1. The van der Waals surface area contributed by atoms with Crippen LogP contribution in [0.1, 0.15) is 29.6 Å². The second kappa shape index (κ2) is 9.82. The predicted molar refractivity (Wildman–Crippen MR) is 92.4 cm³/mol. The summed E-state index contributed by atoms with van der Waals surface area (Å²) >= 11 is 3.32. The second-order valence-electron chi connectivity index (χ2n) is 5.12. The van der Waals surface area contributed by atoms with Gasteiger partial charge in [0.25, 0.3) is 5.91 Å². The fourth-order valence-electron chi connectivity index (χ4n) is 2.27. The highest BCUT2D eigenvalue weighted by molar-refractivity contribution is 9.10. The van der Waals surface area contributed by atoms with Crippen LogP contribution in [0.5, 0.6) is 0 Å². The van der Waals surface area contributed by atoms with E-state index in [1.54, 1.807) is 12.1 Å². The molecule has 1 saturated heterocycles. The van der Waals surface area contributed by atoms with Gasteiger partial charge >= 0.3 is 0 Å². The Bertz CT molecular complexity index is 490. The Morgan fingerprint density at radius 3 is 2.64 bits per heavy atom. The Kier molecular flexibility index (Phi) is 8.45. The average Bonchev–Trinajstić information content (AvgIpc) is 2.49. The number of hydrogen-bond donors (Lipinski definition) is 3. The minimum atomic E-state index is -0.158. The maximum Gasteiger partial charge on any atom is 0.251 e. The van der Waals surface area contributed by atoms with Crippen LogP contribution in [-0.2, 0) is 4.79 Å². The van der Waals surface area contributed by atoms with Gasteiger partial charge in [-0.05, 0) is 43.7 Å². The average molecular weight is 391 g/mol. The smallest absolute Gasteiger partial charge is 0.251 e. The van der Waals surface area contributed by atoms with Crippen LogP contribution in [0.3, 0.4) is 0 Å². The van der Waals surface area contributed by atoms with Crippen LogP contribution in [0, 0.1) is 0 Å². The summed E-state index contributed by atoms with van der Waals surface area (Å²) in [5.41, 5.74) is 0.593. The van der Waals surface area contributed by atoms with Gasteiger partial charge in [0.1, 0.15) is 0 Å². The van der Waals surface area contributed by atoms with Crippen molar-refractivity contribution in [2.45, 2.75) is 25.3 Å². The molecule has 5 nitrogen and oxygen atoms in total. The zero-order valence-electron chi connectivity index (χ0n) is 12.2. The number of hydrogen-bond acceptors (Lipinski definition) is 3. The van der Waals surface area contributed by atoms with E-state index in [1.165, 1.54) is 0 Å². The molecule has 0 bridgehead atoms. The number of carbonyl (C=O) groups is 2. The Balaban J connectivity index is 0.00000242. The molecule has 2 rings (SSSR count). The molecule has 122 valence electrons. The number of carbonyl (C=O) groups excluding carboxylic acids is 2. The van der Waals surface area contributed by atoms with Gasteiger partial charge in [0.2, 0.25) is 5.91 Å². The van der Waals surface area contributed by atoms with E-state index in [4.69, 9.17) is 0 Å². The van der Waals surface area contributed by atoms with Crippen LogP contribution >= 0.6 is 28.3 Å². The topological polar surface area (TPSA) is 70.2 Å². The van der Waals surface area contributed by atoms with Crippen molar-refractivity contribution in [1.82, 2.24) is 16.0 Å². The van der Waals surface area contributed by atoms with E-state index in [2.05, 4.69) is 31.9 Å². The first-order valence-electron chi connectivity index (χ1n) is 7.19. The van der Waals surface area contributed by atoms with Crippen LogP contribution < -0.4 is 16.0 Å². The van der Waals surface area contributed by atoms with Crippen molar-refractivity contribution in [3.8, 4) is 0 Å². The molecule has 0 saturated carbocycles. The summed E-state index contributed by atoms with van der Waals surface area (Å²) in [5, 5.41) is 8.99. The normalized spacial score (nSPS) is 17.2. The molecule has 1 fully saturated rings. The summed E-state index contributed by atoms with van der Waals surface area (Å²) < 4.78 is 0.930. The van der Waals surface area contributed by atoms with E-state index in [9.17, 15) is 9.59 Å². The monoisotopic (exact) mass is 389 g/mol. The molecule has 0 unspecified atom stereocenters. The molecule has 2 amide bonds. The molecular weight excluding hydrogens is 370 g/mol. The summed E-state index contributed by atoms with van der Waals surface area (Å²) in [7, 11) is 0. The molecule has 1 aromatic carbocycles. The first kappa shape index (κ1) is 18.9. The van der Waals surface area contributed by atoms with Gasteiger partial charge in [-0.15, -0.1) is 12.4 Å². The van der Waals surface area contributed by atoms with Crippen molar-refractivity contribution in [3.05, 3.63) is 34.3 Å². The summed E-state index contributed by atoms with van der Waals surface area (Å²) in [6.07, 6.45) is 2.41. The maximum atomic E-state index is 11.9. The Labute approximate surface area is 145 Å². The molecule has 1 aliphatic heterocycles. The van der Waals surface area contributed by atoms with Crippen molar-refractivity contribution in [2.75, 3.05) is 19.6 Å². The van der Waals surface area contributed by atoms with Crippen molar-refractivity contribution in [1.29, 1.82) is 0 Å². The molecule has 1 atom stereocenters. The molecule has 1 heterocycles. The molecule has 22 heavy (non-hydrogen) atoms. The van der Waals surface area contributed by atoms with Crippen molar-refractivity contribution in [3.63, 3.8) is 0 Å². The lowest BCUT2D eigenvalue weighted by Crippen LogP contribution is -2.46. The van der Waals surface area contributed by atoms with Crippen LogP contribution in [-0.4, -0.2) is 37.5 Å². The largest absolute Gasteiger partial charge is 0.352 e. The third-order valence-electron chi connectivity index (χ3n) is 3.41. The van der Waals surface area contributed by atoms with Crippen molar-refractivity contribution < 1.29 is 9.59 Å². The zero-order valence-corrected chi connectivity index (χ0v) is 14.6. The summed E-state index contributed by atoms with van der Waals surface area (Å²) in [6, 6.07) is 7.34. The fourth-order valence-corrected chi connectivity index (χ4v) is 2.53. The molecule has 0 aromatic heterocycles. The SMILES string of the molecule is Cl.O=C(CCNC(=O)c1ccc(Br)cc1)N[C@H]1CCCNC1. The van der Waals surface area contributed by atoms with Gasteiger partial charge in [0.05, 0.1) is 0 Å². The quantitative estimate of drug-likeness (QED) is 0.719. The van der Waals surface area contributed by atoms with Gasteiger partial charge in [-0.3, -0.25) is 9.59 Å². The lowest BCUT2D eigenvalue weighted by molar-refractivity contribution is -0.121. The predicted octanol–water partition coefficient (Wildman–Crippen LogP) is 1.86. The highest BCUT2D eigenvalue weighted by atomic mass is 79.9. The third-order valence-corrected chi connectivity index (χ3v) is 3.93. The summed E-state index contributed by atoms with van der Waals surface area (Å²) in [4.78, 5) is 23.6. The minimum absolute atomic E-state index is 0. The Morgan fingerprint density at radius 2 is 2.00 bits per heavy atom. The van der Waals surface area contributed by atoms with Gasteiger partial charge in [0.15, 0.2) is 0 Å². The molecular formula is C15H21BrClN3O2. The van der Waals surface area contributed by atoms with E-state index in [0.717, 1.165) is 30.4 Å². The molecule has 1 aromatic rings. The van der Waals surface area contributed by atoms with Gasteiger partial charge in [-0.25, -0.2) is 0 Å². The standard InChI is InChI=1S/C15H20BrN3O2.ClH/c16-12-5-3-11(4-6-12)15(21)18-9-7-14(20)19-13-2-1-8-17-10-13;/h3-6,13,17H,1-2,7-10H2,(H,18,21)(H,19,20);1H/t13-;/m0./s1. The van der Waals surface area contributed by atoms with E-state index in [1.807, 2.05) is 12.1 Å². The van der Waals surface area contributed by atoms with E-state index in [0.29, 0.717) is 18.5 Å². The van der Waals surface area contributed by atoms with E-state index >= 15 is 0 Å². The van der Waals surface area contributed by atoms with Crippen LogP contribution in [0.25, 0.3) is 0 Å². The fraction of sp³-hybridized carbons (Fsp3) is 0.467. The van der Waals surface area contributed by atoms with Crippen LogP contribution in [0.4, 0.5) is 0 Å². The minimum Gasteiger partial charge on any atom is -0.352 e. The highest BCUT2D eigenvalue weighted by Gasteiger charge is 2.15.